The average molecular weight is 444 g/mol. The molecule has 2 aromatic rings. The van der Waals surface area contributed by atoms with E-state index in [9.17, 15) is 22.0 Å². The van der Waals surface area contributed by atoms with Crippen molar-refractivity contribution in [1.29, 1.82) is 0 Å². The summed E-state index contributed by atoms with van der Waals surface area (Å²) in [6, 6.07) is 7.63. The van der Waals surface area contributed by atoms with Gasteiger partial charge in [0.1, 0.15) is 11.9 Å². The Balaban J connectivity index is 2.17. The Kier molecular flexibility index (Phi) is 7.37. The smallest absolute Gasteiger partial charge is 0.254 e. The van der Waals surface area contributed by atoms with Gasteiger partial charge in [0.15, 0.2) is 21.4 Å². The predicted molar refractivity (Wildman–Crippen MR) is 108 cm³/mol. The molecule has 0 aliphatic carbocycles. The van der Waals surface area contributed by atoms with Gasteiger partial charge >= 0.3 is 0 Å². The van der Waals surface area contributed by atoms with Crippen molar-refractivity contribution in [2.75, 3.05) is 6.26 Å². The third-order valence-corrected chi connectivity index (χ3v) is 4.88. The largest absolute Gasteiger partial charge is 0.483 e. The van der Waals surface area contributed by atoms with Gasteiger partial charge in [0.05, 0.1) is 5.56 Å². The van der Waals surface area contributed by atoms with Crippen LogP contribution in [0.1, 0.15) is 35.9 Å². The Bertz CT molecular complexity index is 1040. The third kappa shape index (κ3) is 6.54. The normalized spacial score (nSPS) is 13.9. The molecule has 0 radical (unpaired) electrons. The first-order chi connectivity index (χ1) is 13.5. The molecular weight excluding hydrogens is 424 g/mol. The standard InChI is InChI=1S/C20H20ClF2NO4S/c1-12(8-9-29(3,26)27)24-20(25)15-10-18(23)19(11-17(15)22)28-13(2)14-6-4-5-7-16(14)21/h4-13H,1-3H3,(H,24,25)/b9-8+/t12-,13+/m1/s1. The van der Waals surface area contributed by atoms with Gasteiger partial charge in [-0.05, 0) is 26.0 Å². The molecule has 2 aromatic carbocycles. The maximum atomic E-state index is 14.4. The second-order valence-corrected chi connectivity index (χ2v) is 8.80. The number of nitrogens with one attached hydrogen (secondary N) is 1. The summed E-state index contributed by atoms with van der Waals surface area (Å²) in [5.41, 5.74) is 0.0714. The molecule has 0 saturated heterocycles. The van der Waals surface area contributed by atoms with Crippen LogP contribution in [-0.4, -0.2) is 26.6 Å². The minimum atomic E-state index is -3.37. The molecule has 29 heavy (non-hydrogen) atoms. The summed E-state index contributed by atoms with van der Waals surface area (Å²) in [5, 5.41) is 3.72. The van der Waals surface area contributed by atoms with E-state index in [0.29, 0.717) is 10.6 Å². The first-order valence-electron chi connectivity index (χ1n) is 8.57. The number of hydrogen-bond acceptors (Lipinski definition) is 4. The number of carbonyl (C=O) groups is 1. The lowest BCUT2D eigenvalue weighted by Crippen LogP contribution is -2.32. The maximum Gasteiger partial charge on any atom is 0.254 e. The fourth-order valence-electron chi connectivity index (χ4n) is 2.44. The van der Waals surface area contributed by atoms with Crippen LogP contribution in [0.2, 0.25) is 5.02 Å². The van der Waals surface area contributed by atoms with E-state index >= 15 is 0 Å². The van der Waals surface area contributed by atoms with Crippen LogP contribution in [0.3, 0.4) is 0 Å². The first kappa shape index (κ1) is 22.8. The lowest BCUT2D eigenvalue weighted by Gasteiger charge is -2.17. The molecule has 0 aliphatic rings. The Hall–Kier alpha value is -2.45. The van der Waals surface area contributed by atoms with Gasteiger partial charge in [0.2, 0.25) is 0 Å². The molecule has 0 fully saturated rings. The van der Waals surface area contributed by atoms with Crippen molar-refractivity contribution in [2.45, 2.75) is 26.0 Å². The fourth-order valence-corrected chi connectivity index (χ4v) is 3.26. The van der Waals surface area contributed by atoms with Gasteiger partial charge in [-0.2, -0.15) is 0 Å². The van der Waals surface area contributed by atoms with E-state index in [0.717, 1.165) is 23.8 Å². The monoisotopic (exact) mass is 443 g/mol. The number of ether oxygens (including phenoxy) is 1. The zero-order valence-electron chi connectivity index (χ0n) is 15.9. The summed E-state index contributed by atoms with van der Waals surface area (Å²) < 4.78 is 56.5. The van der Waals surface area contributed by atoms with Crippen LogP contribution in [0.25, 0.3) is 0 Å². The van der Waals surface area contributed by atoms with Crippen LogP contribution in [-0.2, 0) is 9.84 Å². The highest BCUT2D eigenvalue weighted by atomic mass is 35.5. The summed E-state index contributed by atoms with van der Waals surface area (Å²) in [5.74, 6) is -3.16. The van der Waals surface area contributed by atoms with Crippen molar-refractivity contribution >= 4 is 27.3 Å². The van der Waals surface area contributed by atoms with Crippen molar-refractivity contribution in [3.63, 3.8) is 0 Å². The zero-order valence-corrected chi connectivity index (χ0v) is 17.5. The number of amides is 1. The lowest BCUT2D eigenvalue weighted by atomic mass is 10.1. The van der Waals surface area contributed by atoms with E-state index in [-0.39, 0.29) is 5.75 Å². The molecule has 0 aliphatic heterocycles. The van der Waals surface area contributed by atoms with E-state index in [2.05, 4.69) is 5.32 Å². The molecule has 1 N–H and O–H groups in total. The average Bonchev–Trinajstić information content (AvgIpc) is 2.62. The molecule has 2 atom stereocenters. The Morgan fingerprint density at radius 2 is 1.83 bits per heavy atom. The molecule has 0 aromatic heterocycles. The van der Waals surface area contributed by atoms with E-state index in [1.165, 1.54) is 13.0 Å². The Labute approximate surface area is 173 Å². The Morgan fingerprint density at radius 3 is 2.45 bits per heavy atom. The highest BCUT2D eigenvalue weighted by molar-refractivity contribution is 7.93. The minimum absolute atomic E-state index is 0.364. The Morgan fingerprint density at radius 1 is 1.17 bits per heavy atom. The van der Waals surface area contributed by atoms with Crippen molar-refractivity contribution in [3.05, 3.63) is 75.7 Å². The summed E-state index contributed by atoms with van der Waals surface area (Å²) in [7, 11) is -3.37. The van der Waals surface area contributed by atoms with Gasteiger partial charge in [0.25, 0.3) is 5.91 Å². The highest BCUT2D eigenvalue weighted by Gasteiger charge is 2.20. The molecule has 0 bridgehead atoms. The molecule has 9 heteroatoms. The number of halogens is 3. The SMILES string of the molecule is C[C@H](/C=C/S(C)(=O)=O)NC(=O)c1cc(F)c(O[C@@H](C)c2ccccc2Cl)cc1F. The van der Waals surface area contributed by atoms with E-state index in [1.807, 2.05) is 0 Å². The molecule has 0 heterocycles. The van der Waals surface area contributed by atoms with Crippen molar-refractivity contribution < 1.29 is 26.7 Å². The minimum Gasteiger partial charge on any atom is -0.483 e. The van der Waals surface area contributed by atoms with Crippen molar-refractivity contribution in [1.82, 2.24) is 5.32 Å². The van der Waals surface area contributed by atoms with Gasteiger partial charge in [-0.15, -0.1) is 0 Å². The topological polar surface area (TPSA) is 72.5 Å². The number of carbonyl (C=O) groups excluding carboxylic acids is 1. The van der Waals surface area contributed by atoms with Crippen LogP contribution in [0.5, 0.6) is 5.75 Å². The summed E-state index contributed by atoms with van der Waals surface area (Å²) >= 11 is 6.08. The van der Waals surface area contributed by atoms with Gasteiger partial charge < -0.3 is 10.1 Å². The van der Waals surface area contributed by atoms with E-state index in [1.54, 1.807) is 31.2 Å². The van der Waals surface area contributed by atoms with Gasteiger partial charge in [0, 0.05) is 34.4 Å². The highest BCUT2D eigenvalue weighted by Crippen LogP contribution is 2.30. The van der Waals surface area contributed by atoms with Gasteiger partial charge in [-0.1, -0.05) is 35.9 Å². The second kappa shape index (κ2) is 9.37. The van der Waals surface area contributed by atoms with E-state index < -0.39 is 45.1 Å². The molecule has 2 rings (SSSR count). The van der Waals surface area contributed by atoms with E-state index in [4.69, 9.17) is 16.3 Å². The molecule has 156 valence electrons. The number of rotatable bonds is 7. The zero-order chi connectivity index (χ0) is 21.8. The summed E-state index contributed by atoms with van der Waals surface area (Å²) in [6.45, 7) is 3.13. The van der Waals surface area contributed by atoms with Crippen LogP contribution in [0.15, 0.2) is 47.9 Å². The summed E-state index contributed by atoms with van der Waals surface area (Å²) in [6.07, 6.45) is 1.57. The fraction of sp³-hybridized carbons (Fsp3) is 0.250. The molecule has 0 saturated carbocycles. The van der Waals surface area contributed by atoms with Crippen LogP contribution in [0, 0.1) is 11.6 Å². The number of benzene rings is 2. The van der Waals surface area contributed by atoms with Crippen LogP contribution < -0.4 is 10.1 Å². The molecule has 0 unspecified atom stereocenters. The summed E-state index contributed by atoms with van der Waals surface area (Å²) in [4.78, 5) is 12.2. The number of sulfone groups is 1. The lowest BCUT2D eigenvalue weighted by molar-refractivity contribution is 0.0942. The van der Waals surface area contributed by atoms with Gasteiger partial charge in [-0.3, -0.25) is 4.79 Å². The first-order valence-corrected chi connectivity index (χ1v) is 10.9. The quantitative estimate of drug-likeness (QED) is 0.686. The van der Waals surface area contributed by atoms with Crippen molar-refractivity contribution in [2.24, 2.45) is 0 Å². The van der Waals surface area contributed by atoms with Crippen LogP contribution in [0.4, 0.5) is 8.78 Å². The second-order valence-electron chi connectivity index (χ2n) is 6.46. The predicted octanol–water partition coefficient (Wildman–Crippen LogP) is 4.43. The third-order valence-electron chi connectivity index (χ3n) is 3.89. The molecule has 5 nitrogen and oxygen atoms in total. The van der Waals surface area contributed by atoms with Crippen molar-refractivity contribution in [3.8, 4) is 5.75 Å². The number of hydrogen-bond donors (Lipinski definition) is 1. The maximum absolute atomic E-state index is 14.4. The molecular formula is C20H20ClF2NO4S. The van der Waals surface area contributed by atoms with Gasteiger partial charge in [-0.25, -0.2) is 17.2 Å². The molecule has 1 amide bonds. The molecule has 0 spiro atoms. The van der Waals surface area contributed by atoms with Crippen LogP contribution >= 0.6 is 11.6 Å².